The Morgan fingerprint density at radius 2 is 1.88 bits per heavy atom. The Bertz CT molecular complexity index is 795. The molecule has 2 aromatic rings. The third-order valence-electron chi connectivity index (χ3n) is 3.99. The van der Waals surface area contributed by atoms with Gasteiger partial charge >= 0.3 is 6.36 Å². The van der Waals surface area contributed by atoms with Crippen LogP contribution in [0.1, 0.15) is 12.8 Å². The molecule has 0 saturated carbocycles. The molecule has 2 heterocycles. The molecule has 1 fully saturated rings. The predicted octanol–water partition coefficient (Wildman–Crippen LogP) is 4.86. The summed E-state index contributed by atoms with van der Waals surface area (Å²) < 4.78 is 81.7. The topological polar surface area (TPSA) is 25.4 Å². The average Bonchev–Trinajstić information content (AvgIpc) is 2.56. The van der Waals surface area contributed by atoms with Crippen molar-refractivity contribution >= 4 is 5.69 Å². The lowest BCUT2D eigenvalue weighted by molar-refractivity contribution is -0.275. The number of ether oxygens (including phenoxy) is 1. The summed E-state index contributed by atoms with van der Waals surface area (Å²) >= 11 is 0. The Morgan fingerprint density at radius 1 is 1.12 bits per heavy atom. The van der Waals surface area contributed by atoms with Gasteiger partial charge in [-0.3, -0.25) is 4.98 Å². The molecule has 0 amide bonds. The van der Waals surface area contributed by atoms with E-state index in [0.29, 0.717) is 19.4 Å². The first-order chi connectivity index (χ1) is 12.2. The second kappa shape index (κ2) is 7.05. The van der Waals surface area contributed by atoms with E-state index in [9.17, 15) is 26.3 Å². The molecule has 0 spiro atoms. The molecule has 0 radical (unpaired) electrons. The molecule has 0 N–H and O–H groups in total. The fourth-order valence-corrected chi connectivity index (χ4v) is 2.84. The van der Waals surface area contributed by atoms with Crippen LogP contribution in [0.3, 0.4) is 0 Å². The molecule has 3 rings (SSSR count). The second-order valence-corrected chi connectivity index (χ2v) is 5.90. The number of alkyl halides is 4. The quantitative estimate of drug-likeness (QED) is 0.715. The molecule has 1 aromatic carbocycles. The number of pyridine rings is 1. The molecule has 1 aliphatic heterocycles. The van der Waals surface area contributed by atoms with Crippen LogP contribution in [0.2, 0.25) is 0 Å². The Balaban J connectivity index is 1.90. The van der Waals surface area contributed by atoms with E-state index in [1.165, 1.54) is 17.0 Å². The third-order valence-corrected chi connectivity index (χ3v) is 3.99. The first kappa shape index (κ1) is 18.3. The number of anilines is 1. The first-order valence-electron chi connectivity index (χ1n) is 7.83. The van der Waals surface area contributed by atoms with Crippen molar-refractivity contribution in [3.63, 3.8) is 0 Å². The SMILES string of the molecule is Fc1cc(-c2cc(N3CCCC(F)C3)c(F)cn2)ccc1OC(F)(F)F. The van der Waals surface area contributed by atoms with E-state index in [-0.39, 0.29) is 23.5 Å². The van der Waals surface area contributed by atoms with E-state index in [1.54, 1.807) is 0 Å². The number of halogens is 6. The standard InChI is InChI=1S/C17H14F6N2O/c18-11-2-1-5-25(9-11)15-7-14(24-8-13(15)20)10-3-4-16(12(19)6-10)26-17(21,22)23/h3-4,6-8,11H,1-2,5,9H2. The molecule has 0 aliphatic carbocycles. The largest absolute Gasteiger partial charge is 0.573 e. The van der Waals surface area contributed by atoms with Crippen molar-refractivity contribution < 1.29 is 31.1 Å². The highest BCUT2D eigenvalue weighted by atomic mass is 19.4. The van der Waals surface area contributed by atoms with Crippen molar-refractivity contribution in [3.8, 4) is 17.0 Å². The lowest BCUT2D eigenvalue weighted by Crippen LogP contribution is -2.36. The van der Waals surface area contributed by atoms with Crippen LogP contribution in [0.25, 0.3) is 11.3 Å². The molecule has 1 unspecified atom stereocenters. The number of aromatic nitrogens is 1. The maximum atomic E-state index is 14.1. The van der Waals surface area contributed by atoms with Gasteiger partial charge in [-0.05, 0) is 37.1 Å². The van der Waals surface area contributed by atoms with Crippen LogP contribution in [0.15, 0.2) is 30.5 Å². The monoisotopic (exact) mass is 376 g/mol. The minimum Gasteiger partial charge on any atom is -0.403 e. The van der Waals surface area contributed by atoms with Gasteiger partial charge in [0.25, 0.3) is 0 Å². The number of hydrogen-bond acceptors (Lipinski definition) is 3. The zero-order valence-electron chi connectivity index (χ0n) is 13.4. The van der Waals surface area contributed by atoms with Gasteiger partial charge in [-0.25, -0.2) is 13.2 Å². The number of hydrogen-bond donors (Lipinski definition) is 0. The van der Waals surface area contributed by atoms with Gasteiger partial charge in [-0.15, -0.1) is 13.2 Å². The minimum absolute atomic E-state index is 0.0348. The van der Waals surface area contributed by atoms with E-state index >= 15 is 0 Å². The van der Waals surface area contributed by atoms with Gasteiger partial charge in [0.15, 0.2) is 17.4 Å². The number of benzene rings is 1. The number of piperidine rings is 1. The van der Waals surface area contributed by atoms with E-state index in [2.05, 4.69) is 9.72 Å². The van der Waals surface area contributed by atoms with Gasteiger partial charge in [0.1, 0.15) is 6.17 Å². The van der Waals surface area contributed by atoms with Crippen molar-refractivity contribution in [2.45, 2.75) is 25.4 Å². The van der Waals surface area contributed by atoms with Crippen LogP contribution in [0, 0.1) is 11.6 Å². The van der Waals surface area contributed by atoms with Crippen LogP contribution in [0.4, 0.5) is 32.0 Å². The summed E-state index contributed by atoms with van der Waals surface area (Å²) in [7, 11) is 0. The summed E-state index contributed by atoms with van der Waals surface area (Å²) in [5, 5.41) is 0. The summed E-state index contributed by atoms with van der Waals surface area (Å²) in [5.41, 5.74) is 0.417. The Kier molecular flexibility index (Phi) is 4.97. The number of nitrogens with zero attached hydrogens (tertiary/aromatic N) is 2. The molecule has 3 nitrogen and oxygen atoms in total. The van der Waals surface area contributed by atoms with Crippen molar-refractivity contribution in [2.24, 2.45) is 0 Å². The highest BCUT2D eigenvalue weighted by Crippen LogP contribution is 2.31. The summed E-state index contributed by atoms with van der Waals surface area (Å²) in [5.74, 6) is -2.85. The second-order valence-electron chi connectivity index (χ2n) is 5.90. The van der Waals surface area contributed by atoms with E-state index in [1.807, 2.05) is 0 Å². The summed E-state index contributed by atoms with van der Waals surface area (Å²) in [6.07, 6.45) is -4.19. The van der Waals surface area contributed by atoms with Crippen molar-refractivity contribution in [1.29, 1.82) is 0 Å². The highest BCUT2D eigenvalue weighted by Gasteiger charge is 2.32. The van der Waals surface area contributed by atoms with Gasteiger partial charge in [0.05, 0.1) is 17.6 Å². The van der Waals surface area contributed by atoms with Gasteiger partial charge < -0.3 is 9.64 Å². The van der Waals surface area contributed by atoms with E-state index in [4.69, 9.17) is 0 Å². The fraction of sp³-hybridized carbons (Fsp3) is 0.353. The van der Waals surface area contributed by atoms with E-state index < -0.39 is 29.9 Å². The zero-order valence-corrected chi connectivity index (χ0v) is 13.4. The molecule has 26 heavy (non-hydrogen) atoms. The van der Waals surface area contributed by atoms with Crippen molar-refractivity contribution in [1.82, 2.24) is 4.98 Å². The molecule has 1 atom stereocenters. The van der Waals surface area contributed by atoms with Crippen LogP contribution in [-0.4, -0.2) is 30.6 Å². The average molecular weight is 376 g/mol. The minimum atomic E-state index is -5.01. The lowest BCUT2D eigenvalue weighted by atomic mass is 10.1. The molecule has 0 bridgehead atoms. The van der Waals surface area contributed by atoms with Crippen LogP contribution >= 0.6 is 0 Å². The molecular weight excluding hydrogens is 362 g/mol. The molecule has 1 aromatic heterocycles. The number of rotatable bonds is 3. The first-order valence-corrected chi connectivity index (χ1v) is 7.83. The third kappa shape index (κ3) is 4.20. The summed E-state index contributed by atoms with van der Waals surface area (Å²) in [6.45, 7) is 0.501. The van der Waals surface area contributed by atoms with E-state index in [0.717, 1.165) is 18.3 Å². The van der Waals surface area contributed by atoms with Crippen LogP contribution in [-0.2, 0) is 0 Å². The molecular formula is C17H14F6N2O. The van der Waals surface area contributed by atoms with Gasteiger partial charge in [0, 0.05) is 18.7 Å². The fourth-order valence-electron chi connectivity index (χ4n) is 2.84. The Morgan fingerprint density at radius 3 is 2.54 bits per heavy atom. The van der Waals surface area contributed by atoms with Crippen LogP contribution in [0.5, 0.6) is 5.75 Å². The summed E-state index contributed by atoms with van der Waals surface area (Å²) in [4.78, 5) is 5.38. The molecule has 1 saturated heterocycles. The summed E-state index contributed by atoms with van der Waals surface area (Å²) in [6, 6.07) is 4.15. The zero-order chi connectivity index (χ0) is 18.9. The Labute approximate surface area is 145 Å². The molecule has 9 heteroatoms. The van der Waals surface area contributed by atoms with Gasteiger partial charge in [-0.2, -0.15) is 0 Å². The smallest absolute Gasteiger partial charge is 0.403 e. The van der Waals surface area contributed by atoms with Crippen LogP contribution < -0.4 is 9.64 Å². The highest BCUT2D eigenvalue weighted by molar-refractivity contribution is 5.66. The van der Waals surface area contributed by atoms with Crippen molar-refractivity contribution in [3.05, 3.63) is 42.1 Å². The normalized spacial score (nSPS) is 18.1. The molecule has 1 aliphatic rings. The maximum Gasteiger partial charge on any atom is 0.573 e. The molecule has 140 valence electrons. The Hall–Kier alpha value is -2.45. The van der Waals surface area contributed by atoms with Gasteiger partial charge in [-0.1, -0.05) is 0 Å². The lowest BCUT2D eigenvalue weighted by Gasteiger charge is -2.31. The predicted molar refractivity (Wildman–Crippen MR) is 82.6 cm³/mol. The maximum absolute atomic E-state index is 14.1. The van der Waals surface area contributed by atoms with Gasteiger partial charge in [0.2, 0.25) is 0 Å². The van der Waals surface area contributed by atoms with Crippen molar-refractivity contribution in [2.75, 3.05) is 18.0 Å².